The lowest BCUT2D eigenvalue weighted by Gasteiger charge is -2.05. The molecule has 0 atom stereocenters. The summed E-state index contributed by atoms with van der Waals surface area (Å²) in [5, 5.41) is 0. The molecule has 4 aromatic rings. The van der Waals surface area contributed by atoms with Gasteiger partial charge in [0.25, 0.3) is 0 Å². The molecule has 1 amide bonds. The van der Waals surface area contributed by atoms with Crippen LogP contribution in [-0.2, 0) is 0 Å². The number of aromatic nitrogens is 3. The lowest BCUT2D eigenvalue weighted by molar-refractivity contribution is 0.100. The van der Waals surface area contributed by atoms with Crippen molar-refractivity contribution in [2.45, 2.75) is 0 Å². The van der Waals surface area contributed by atoms with Crippen LogP contribution in [0.25, 0.3) is 33.9 Å². The van der Waals surface area contributed by atoms with Crippen molar-refractivity contribution >= 4 is 5.91 Å². The zero-order chi connectivity index (χ0) is 19.8. The third kappa shape index (κ3) is 3.08. The number of rotatable bonds is 4. The summed E-state index contributed by atoms with van der Waals surface area (Å²) in [6.07, 6.45) is 3.50. The average molecular weight is 384 g/mol. The number of carbonyl (C=O) groups excluding carboxylic acids is 1. The topological polar surface area (TPSA) is 103 Å². The highest BCUT2D eigenvalue weighted by atomic mass is 16.7. The van der Waals surface area contributed by atoms with Crippen molar-refractivity contribution in [1.29, 1.82) is 0 Å². The maximum absolute atomic E-state index is 11.7. The van der Waals surface area contributed by atoms with Gasteiger partial charge in [-0.05, 0) is 41.5 Å². The van der Waals surface area contributed by atoms with E-state index in [-0.39, 0.29) is 6.79 Å². The predicted molar refractivity (Wildman–Crippen MR) is 107 cm³/mol. The van der Waals surface area contributed by atoms with Gasteiger partial charge >= 0.3 is 0 Å². The molecule has 1 aliphatic rings. The second-order valence-electron chi connectivity index (χ2n) is 6.54. The summed E-state index contributed by atoms with van der Waals surface area (Å²) in [6, 6.07) is 16.8. The van der Waals surface area contributed by atoms with E-state index < -0.39 is 5.91 Å². The van der Waals surface area contributed by atoms with E-state index in [4.69, 9.17) is 15.2 Å². The Balaban J connectivity index is 1.51. The molecule has 3 heterocycles. The molecule has 2 aromatic carbocycles. The molecule has 0 saturated heterocycles. The standard InChI is InChI=1S/C22H16N4O3/c23-21(27)15-3-1-2-4-16(15)22-25-11-18(26-22)17-9-14(7-8-24-17)13-5-6-19-20(10-13)29-12-28-19/h1-11H,12H2,(H2,23,27)(H,25,26). The van der Waals surface area contributed by atoms with Crippen molar-refractivity contribution in [1.82, 2.24) is 15.0 Å². The summed E-state index contributed by atoms with van der Waals surface area (Å²) in [5.41, 5.74) is 9.90. The molecule has 2 aromatic heterocycles. The van der Waals surface area contributed by atoms with Crippen LogP contribution >= 0.6 is 0 Å². The number of hydrogen-bond donors (Lipinski definition) is 2. The highest BCUT2D eigenvalue weighted by Crippen LogP contribution is 2.36. The number of imidazole rings is 1. The number of amides is 1. The smallest absolute Gasteiger partial charge is 0.249 e. The van der Waals surface area contributed by atoms with Crippen molar-refractivity contribution in [3.05, 3.63) is 72.6 Å². The summed E-state index contributed by atoms with van der Waals surface area (Å²) >= 11 is 0. The zero-order valence-electron chi connectivity index (χ0n) is 15.3. The molecule has 0 spiro atoms. The van der Waals surface area contributed by atoms with Crippen LogP contribution in [0, 0.1) is 0 Å². The number of hydrogen-bond acceptors (Lipinski definition) is 5. The number of fused-ring (bicyclic) bond motifs is 1. The number of nitrogens with two attached hydrogens (primary N) is 1. The Bertz CT molecular complexity index is 1230. The maximum atomic E-state index is 11.7. The molecule has 1 aliphatic heterocycles. The summed E-state index contributed by atoms with van der Waals surface area (Å²) < 4.78 is 10.8. The van der Waals surface area contributed by atoms with Crippen LogP contribution in [0.1, 0.15) is 10.4 Å². The monoisotopic (exact) mass is 384 g/mol. The average Bonchev–Trinajstić information content (AvgIpc) is 3.43. The van der Waals surface area contributed by atoms with E-state index in [0.717, 1.165) is 22.6 Å². The Labute approximate surface area is 166 Å². The van der Waals surface area contributed by atoms with Crippen LogP contribution < -0.4 is 15.2 Å². The van der Waals surface area contributed by atoms with Gasteiger partial charge in [0.2, 0.25) is 12.7 Å². The van der Waals surface area contributed by atoms with Crippen molar-refractivity contribution in [2.24, 2.45) is 5.73 Å². The van der Waals surface area contributed by atoms with Crippen LogP contribution in [0.3, 0.4) is 0 Å². The minimum absolute atomic E-state index is 0.239. The van der Waals surface area contributed by atoms with Crippen molar-refractivity contribution in [3.8, 4) is 45.4 Å². The van der Waals surface area contributed by atoms with Gasteiger partial charge in [-0.2, -0.15) is 0 Å². The van der Waals surface area contributed by atoms with E-state index in [1.165, 1.54) is 0 Å². The van der Waals surface area contributed by atoms with E-state index in [9.17, 15) is 4.79 Å². The van der Waals surface area contributed by atoms with Crippen molar-refractivity contribution in [3.63, 3.8) is 0 Å². The predicted octanol–water partition coefficient (Wildman–Crippen LogP) is 3.63. The summed E-state index contributed by atoms with van der Waals surface area (Å²) in [7, 11) is 0. The molecular weight excluding hydrogens is 368 g/mol. The Morgan fingerprint density at radius 3 is 2.69 bits per heavy atom. The minimum Gasteiger partial charge on any atom is -0.454 e. The SMILES string of the molecule is NC(=O)c1ccccc1-c1nc(-c2cc(-c3ccc4c(c3)OCO4)ccn2)c[nH]1. The molecule has 0 fully saturated rings. The number of carbonyl (C=O) groups is 1. The number of nitrogens with zero attached hydrogens (tertiary/aromatic N) is 2. The second kappa shape index (κ2) is 6.79. The van der Waals surface area contributed by atoms with E-state index in [2.05, 4.69) is 15.0 Å². The first kappa shape index (κ1) is 17.0. The van der Waals surface area contributed by atoms with Crippen molar-refractivity contribution < 1.29 is 14.3 Å². The van der Waals surface area contributed by atoms with Crippen molar-refractivity contribution in [2.75, 3.05) is 6.79 Å². The third-order valence-electron chi connectivity index (χ3n) is 4.75. The fourth-order valence-electron chi connectivity index (χ4n) is 3.32. The molecule has 0 aliphatic carbocycles. The van der Waals surface area contributed by atoms with Gasteiger partial charge < -0.3 is 20.2 Å². The molecule has 7 nitrogen and oxygen atoms in total. The Morgan fingerprint density at radius 2 is 1.79 bits per heavy atom. The molecule has 29 heavy (non-hydrogen) atoms. The molecular formula is C22H16N4O3. The van der Waals surface area contributed by atoms with E-state index in [1.54, 1.807) is 30.6 Å². The fourth-order valence-corrected chi connectivity index (χ4v) is 3.32. The van der Waals surface area contributed by atoms with Crippen LogP contribution in [0.5, 0.6) is 11.5 Å². The Hall–Kier alpha value is -4.13. The van der Waals surface area contributed by atoms with Crippen LogP contribution in [0.15, 0.2) is 67.0 Å². The van der Waals surface area contributed by atoms with Crippen LogP contribution in [0.4, 0.5) is 0 Å². The fraction of sp³-hybridized carbons (Fsp3) is 0.0455. The van der Waals surface area contributed by atoms with Gasteiger partial charge in [-0.25, -0.2) is 4.98 Å². The third-order valence-corrected chi connectivity index (χ3v) is 4.75. The number of H-pyrrole nitrogens is 1. The number of aromatic amines is 1. The molecule has 5 rings (SSSR count). The first-order valence-electron chi connectivity index (χ1n) is 9.00. The van der Waals surface area contributed by atoms with E-state index in [0.29, 0.717) is 28.3 Å². The van der Waals surface area contributed by atoms with Gasteiger partial charge in [0.15, 0.2) is 11.5 Å². The number of benzene rings is 2. The van der Waals surface area contributed by atoms with E-state index in [1.807, 2.05) is 36.4 Å². The number of pyridine rings is 1. The number of ether oxygens (including phenoxy) is 2. The van der Waals surface area contributed by atoms with Crippen LogP contribution in [-0.4, -0.2) is 27.7 Å². The summed E-state index contributed by atoms with van der Waals surface area (Å²) in [6.45, 7) is 0.239. The Morgan fingerprint density at radius 1 is 0.966 bits per heavy atom. The molecule has 142 valence electrons. The lowest BCUT2D eigenvalue weighted by atomic mass is 10.0. The van der Waals surface area contributed by atoms with Gasteiger partial charge in [0, 0.05) is 18.0 Å². The molecule has 0 unspecified atom stereocenters. The van der Waals surface area contributed by atoms with E-state index >= 15 is 0 Å². The van der Waals surface area contributed by atoms with Gasteiger partial charge in [-0.1, -0.05) is 24.3 Å². The Kier molecular flexibility index (Phi) is 3.98. The van der Waals surface area contributed by atoms with Gasteiger partial charge in [-0.3, -0.25) is 9.78 Å². The molecule has 0 bridgehead atoms. The summed E-state index contributed by atoms with van der Waals surface area (Å²) in [4.78, 5) is 23.9. The molecule has 0 saturated carbocycles. The first-order chi connectivity index (χ1) is 14.2. The highest BCUT2D eigenvalue weighted by Gasteiger charge is 2.16. The molecule has 0 radical (unpaired) electrons. The first-order valence-corrected chi connectivity index (χ1v) is 9.00. The van der Waals surface area contributed by atoms with Crippen LogP contribution in [0.2, 0.25) is 0 Å². The molecule has 3 N–H and O–H groups in total. The zero-order valence-corrected chi connectivity index (χ0v) is 15.3. The van der Waals surface area contributed by atoms with Gasteiger partial charge in [-0.15, -0.1) is 0 Å². The normalized spacial score (nSPS) is 12.1. The largest absolute Gasteiger partial charge is 0.454 e. The maximum Gasteiger partial charge on any atom is 0.249 e. The second-order valence-corrected chi connectivity index (χ2v) is 6.54. The molecule has 7 heteroatoms. The minimum atomic E-state index is -0.499. The number of primary amides is 1. The van der Waals surface area contributed by atoms with Gasteiger partial charge in [0.1, 0.15) is 11.5 Å². The summed E-state index contributed by atoms with van der Waals surface area (Å²) in [5.74, 6) is 1.53. The van der Waals surface area contributed by atoms with Gasteiger partial charge in [0.05, 0.1) is 11.3 Å². The quantitative estimate of drug-likeness (QED) is 0.559. The highest BCUT2D eigenvalue weighted by molar-refractivity contribution is 5.99. The lowest BCUT2D eigenvalue weighted by Crippen LogP contribution is -2.12. The number of nitrogens with one attached hydrogen (secondary N) is 1.